The predicted octanol–water partition coefficient (Wildman–Crippen LogP) is 1.52. The lowest BCUT2D eigenvalue weighted by molar-refractivity contribution is -0.161. The van der Waals surface area contributed by atoms with Crippen LogP contribution in [0.1, 0.15) is 67.7 Å². The zero-order valence-electron chi connectivity index (χ0n) is 26.0. The Hall–Kier alpha value is -3.54. The monoisotopic (exact) mass is 614 g/mol. The molecule has 0 radical (unpaired) electrons. The first-order valence-electron chi connectivity index (χ1n) is 14.2. The second-order valence-electron chi connectivity index (χ2n) is 13.0. The van der Waals surface area contributed by atoms with Gasteiger partial charge in [-0.15, -0.1) is 0 Å². The van der Waals surface area contributed by atoms with Gasteiger partial charge in [0.1, 0.15) is 29.8 Å². The molecule has 3 N–H and O–H groups in total. The van der Waals surface area contributed by atoms with Crippen LogP contribution in [0.4, 0.5) is 13.6 Å². The quantitative estimate of drug-likeness (QED) is 0.333. The maximum atomic E-state index is 13.9. The SMILES string of the molecule is C[C@@H](C(=O)N[C@H](C(=O)N1C[C@H](OC(F)F)C[C@H]1C(=O)N[C@H](C#N)C[C@@H]1CCNC1=O)C(C)(C)C)N(C)C(=O)OC(C)(C)C. The molecule has 242 valence electrons. The van der Waals surface area contributed by atoms with Crippen molar-refractivity contribution in [1.29, 1.82) is 5.26 Å². The number of likely N-dealkylation sites (tertiary alicyclic amines) is 1. The number of ether oxygens (including phenoxy) is 2. The van der Waals surface area contributed by atoms with Crippen molar-refractivity contribution in [1.82, 2.24) is 25.8 Å². The number of rotatable bonds is 10. The molecule has 2 heterocycles. The molecular weight excluding hydrogens is 570 g/mol. The van der Waals surface area contributed by atoms with Crippen LogP contribution in [0.25, 0.3) is 0 Å². The van der Waals surface area contributed by atoms with Gasteiger partial charge < -0.3 is 30.3 Å². The number of hydrogen-bond donors (Lipinski definition) is 3. The van der Waals surface area contributed by atoms with Gasteiger partial charge in [0.25, 0.3) is 0 Å². The molecule has 0 bridgehead atoms. The fraction of sp³-hybridized carbons (Fsp3) is 0.786. The van der Waals surface area contributed by atoms with E-state index >= 15 is 0 Å². The number of nitrogens with zero attached hydrogens (tertiary/aromatic N) is 3. The van der Waals surface area contributed by atoms with E-state index in [1.165, 1.54) is 14.0 Å². The summed E-state index contributed by atoms with van der Waals surface area (Å²) < 4.78 is 36.2. The van der Waals surface area contributed by atoms with Crippen LogP contribution in [0.5, 0.6) is 0 Å². The van der Waals surface area contributed by atoms with E-state index in [4.69, 9.17) is 4.74 Å². The molecule has 0 unspecified atom stereocenters. The van der Waals surface area contributed by atoms with E-state index in [9.17, 15) is 38.0 Å². The van der Waals surface area contributed by atoms with Gasteiger partial charge in [-0.25, -0.2) is 4.79 Å². The van der Waals surface area contributed by atoms with Gasteiger partial charge in [-0.3, -0.25) is 24.1 Å². The maximum absolute atomic E-state index is 13.9. The fourth-order valence-corrected chi connectivity index (χ4v) is 4.85. The van der Waals surface area contributed by atoms with Crippen LogP contribution < -0.4 is 16.0 Å². The van der Waals surface area contributed by atoms with Gasteiger partial charge in [0.15, 0.2) is 0 Å². The van der Waals surface area contributed by atoms with E-state index < -0.39 is 77.6 Å². The zero-order valence-corrected chi connectivity index (χ0v) is 26.0. The second-order valence-corrected chi connectivity index (χ2v) is 13.0. The van der Waals surface area contributed by atoms with Crippen LogP contribution in [0.2, 0.25) is 0 Å². The van der Waals surface area contributed by atoms with Gasteiger partial charge >= 0.3 is 12.7 Å². The minimum atomic E-state index is -3.15. The summed E-state index contributed by atoms with van der Waals surface area (Å²) in [6.45, 7) is 8.45. The molecule has 2 aliphatic heterocycles. The second kappa shape index (κ2) is 14.3. The van der Waals surface area contributed by atoms with Crippen molar-refractivity contribution in [3.05, 3.63) is 0 Å². The van der Waals surface area contributed by atoms with E-state index in [0.717, 1.165) is 9.80 Å². The fourth-order valence-electron chi connectivity index (χ4n) is 4.85. The summed E-state index contributed by atoms with van der Waals surface area (Å²) in [4.78, 5) is 67.1. The molecule has 2 saturated heterocycles. The van der Waals surface area contributed by atoms with Gasteiger partial charge in [0, 0.05) is 32.5 Å². The van der Waals surface area contributed by atoms with Gasteiger partial charge in [-0.1, -0.05) is 20.8 Å². The molecule has 0 aromatic carbocycles. The summed E-state index contributed by atoms with van der Waals surface area (Å²) in [5.74, 6) is -2.87. The Bertz CT molecular complexity index is 1100. The van der Waals surface area contributed by atoms with Gasteiger partial charge in [0.2, 0.25) is 23.6 Å². The third-order valence-corrected chi connectivity index (χ3v) is 7.34. The maximum Gasteiger partial charge on any atom is 0.410 e. The number of likely N-dealkylation sites (N-methyl/N-ethyl adjacent to an activating group) is 1. The van der Waals surface area contributed by atoms with Crippen molar-refractivity contribution in [3.8, 4) is 6.07 Å². The lowest BCUT2D eigenvalue weighted by Gasteiger charge is -2.36. The summed E-state index contributed by atoms with van der Waals surface area (Å²) in [5.41, 5.74) is -1.72. The predicted molar refractivity (Wildman–Crippen MR) is 149 cm³/mol. The molecule has 13 nitrogen and oxygen atoms in total. The number of alkyl halides is 2. The van der Waals surface area contributed by atoms with Crippen LogP contribution in [0.15, 0.2) is 0 Å². The molecule has 0 aliphatic carbocycles. The Labute approximate surface area is 251 Å². The first-order chi connectivity index (χ1) is 19.7. The summed E-state index contributed by atoms with van der Waals surface area (Å²) in [6.07, 6.45) is -1.66. The number of carbonyl (C=O) groups excluding carboxylic acids is 5. The Morgan fingerprint density at radius 1 is 1.16 bits per heavy atom. The molecule has 0 aromatic rings. The molecule has 15 heteroatoms. The molecule has 43 heavy (non-hydrogen) atoms. The molecule has 2 fully saturated rings. The lowest BCUT2D eigenvalue weighted by atomic mass is 9.85. The highest BCUT2D eigenvalue weighted by atomic mass is 19.3. The van der Waals surface area contributed by atoms with Crippen LogP contribution in [0, 0.1) is 22.7 Å². The summed E-state index contributed by atoms with van der Waals surface area (Å²) in [6, 6.07) is -2.68. The molecule has 2 rings (SSSR count). The largest absolute Gasteiger partial charge is 0.444 e. The Balaban J connectivity index is 2.26. The van der Waals surface area contributed by atoms with Gasteiger partial charge in [-0.2, -0.15) is 14.0 Å². The Kier molecular flexibility index (Phi) is 11.8. The van der Waals surface area contributed by atoms with E-state index in [0.29, 0.717) is 13.0 Å². The van der Waals surface area contributed by atoms with Crippen molar-refractivity contribution in [2.75, 3.05) is 20.1 Å². The third-order valence-electron chi connectivity index (χ3n) is 7.34. The minimum absolute atomic E-state index is 0.0510. The summed E-state index contributed by atoms with van der Waals surface area (Å²) in [5, 5.41) is 17.5. The highest BCUT2D eigenvalue weighted by molar-refractivity contribution is 5.94. The van der Waals surface area contributed by atoms with Gasteiger partial charge in [0.05, 0.1) is 12.2 Å². The van der Waals surface area contributed by atoms with Crippen LogP contribution in [0.3, 0.4) is 0 Å². The number of amides is 5. The third kappa shape index (κ3) is 10.0. The highest BCUT2D eigenvalue weighted by Crippen LogP contribution is 2.28. The molecule has 5 amide bonds. The molecule has 0 saturated carbocycles. The first kappa shape index (κ1) is 35.7. The minimum Gasteiger partial charge on any atom is -0.444 e. The zero-order chi connectivity index (χ0) is 32.9. The Morgan fingerprint density at radius 3 is 2.28 bits per heavy atom. The summed E-state index contributed by atoms with van der Waals surface area (Å²) in [7, 11) is 1.38. The highest BCUT2D eigenvalue weighted by Gasteiger charge is 2.47. The standard InChI is InChI=1S/C28H44F2N6O7/c1-15(35(8)26(41)43-28(5,6)7)21(37)34-20(27(2,3)4)24(40)36-14-18(42-25(29)30)12-19(36)23(39)33-17(13-31)11-16-9-10-32-22(16)38/h15-20,25H,9-12,14H2,1-8H3,(H,32,38)(H,33,39)(H,34,37)/t15-,16-,17-,18+,19-,20+/m0/s1. The topological polar surface area (TPSA) is 170 Å². The van der Waals surface area contributed by atoms with Crippen molar-refractivity contribution in [2.24, 2.45) is 11.3 Å². The number of nitrogens with one attached hydrogen (secondary N) is 3. The van der Waals surface area contributed by atoms with Crippen molar-refractivity contribution < 1.29 is 42.2 Å². The van der Waals surface area contributed by atoms with E-state index in [1.54, 1.807) is 41.5 Å². The van der Waals surface area contributed by atoms with E-state index in [-0.39, 0.29) is 25.3 Å². The Morgan fingerprint density at radius 2 is 1.79 bits per heavy atom. The molecule has 0 aromatic heterocycles. The van der Waals surface area contributed by atoms with Crippen LogP contribution in [-0.4, -0.2) is 102 Å². The first-order valence-corrected chi connectivity index (χ1v) is 14.2. The average molecular weight is 615 g/mol. The van der Waals surface area contributed by atoms with Crippen molar-refractivity contribution in [3.63, 3.8) is 0 Å². The smallest absolute Gasteiger partial charge is 0.410 e. The summed E-state index contributed by atoms with van der Waals surface area (Å²) >= 11 is 0. The van der Waals surface area contributed by atoms with Crippen LogP contribution >= 0.6 is 0 Å². The van der Waals surface area contributed by atoms with Crippen molar-refractivity contribution >= 4 is 29.7 Å². The number of halogens is 2. The van der Waals surface area contributed by atoms with Crippen LogP contribution in [-0.2, 0) is 28.7 Å². The normalized spacial score (nSPS) is 22.7. The average Bonchev–Trinajstić information content (AvgIpc) is 3.48. The molecule has 0 spiro atoms. The molecule has 2 aliphatic rings. The lowest BCUT2D eigenvalue weighted by Crippen LogP contribution is -2.60. The molecular formula is C28H44F2N6O7. The number of hydrogen-bond acceptors (Lipinski definition) is 8. The number of nitriles is 1. The molecule has 6 atom stereocenters. The van der Waals surface area contributed by atoms with Gasteiger partial charge in [-0.05, 0) is 46.0 Å². The van der Waals surface area contributed by atoms with E-state index in [2.05, 4.69) is 20.7 Å². The number of carbonyl (C=O) groups is 5. The van der Waals surface area contributed by atoms with E-state index in [1.807, 2.05) is 6.07 Å². The van der Waals surface area contributed by atoms with Crippen molar-refractivity contribution in [2.45, 2.75) is 110 Å².